The molecule has 0 aliphatic carbocycles. The van der Waals surface area contributed by atoms with Gasteiger partial charge in [0.1, 0.15) is 5.82 Å². The molecule has 0 atom stereocenters. The number of fused-ring (bicyclic) bond motifs is 1. The van der Waals surface area contributed by atoms with E-state index in [-0.39, 0.29) is 5.56 Å². The maximum absolute atomic E-state index is 12.8. The summed E-state index contributed by atoms with van der Waals surface area (Å²) in [6.45, 7) is 1.77. The molecule has 0 fully saturated rings. The molecule has 0 saturated heterocycles. The molecule has 120 valence electrons. The van der Waals surface area contributed by atoms with Crippen LogP contribution in [-0.2, 0) is 4.79 Å². The first-order valence-corrected chi connectivity index (χ1v) is 7.31. The van der Waals surface area contributed by atoms with Crippen LogP contribution < -0.4 is 11.0 Å². The highest BCUT2D eigenvalue weighted by molar-refractivity contribution is 5.91. The number of aromatic nitrogens is 2. The van der Waals surface area contributed by atoms with Gasteiger partial charge in [0, 0.05) is 6.08 Å². The highest BCUT2D eigenvalue weighted by Gasteiger charge is 2.09. The minimum atomic E-state index is -0.626. The van der Waals surface area contributed by atoms with Gasteiger partial charge in [-0.3, -0.25) is 19.4 Å². The van der Waals surface area contributed by atoms with Gasteiger partial charge in [0.15, 0.2) is 0 Å². The predicted octanol–water partition coefficient (Wildman–Crippen LogP) is 2.21. The van der Waals surface area contributed by atoms with Gasteiger partial charge >= 0.3 is 0 Å². The Bertz CT molecular complexity index is 992. The molecule has 1 amide bonds. The Labute approximate surface area is 137 Å². The molecule has 0 spiro atoms. The second kappa shape index (κ2) is 6.47. The molecule has 2 N–H and O–H groups in total. The number of carbonyl (C=O) groups excluding carboxylic acids is 1. The second-order valence-electron chi connectivity index (χ2n) is 5.22. The van der Waals surface area contributed by atoms with Crippen LogP contribution in [0.3, 0.4) is 0 Å². The number of benzene rings is 2. The molecule has 1 aromatic heterocycles. The van der Waals surface area contributed by atoms with Crippen LogP contribution in [0.1, 0.15) is 11.4 Å². The lowest BCUT2D eigenvalue weighted by Crippen LogP contribution is -2.22. The van der Waals surface area contributed by atoms with Crippen molar-refractivity contribution in [2.75, 3.05) is 0 Å². The summed E-state index contributed by atoms with van der Waals surface area (Å²) in [5, 5.41) is 8.98. The van der Waals surface area contributed by atoms with Crippen molar-refractivity contribution >= 4 is 22.9 Å². The molecule has 0 saturated carbocycles. The topological polar surface area (TPSA) is 84.2 Å². The maximum atomic E-state index is 12.8. The van der Waals surface area contributed by atoms with Crippen LogP contribution in [0.25, 0.3) is 22.7 Å². The number of rotatable bonds is 3. The Balaban J connectivity index is 2.13. The van der Waals surface area contributed by atoms with Crippen LogP contribution in [0.15, 0.2) is 59.4 Å². The van der Waals surface area contributed by atoms with E-state index < -0.39 is 5.91 Å². The number of amides is 1. The van der Waals surface area contributed by atoms with Crippen molar-refractivity contribution in [1.82, 2.24) is 15.0 Å². The van der Waals surface area contributed by atoms with E-state index >= 15 is 0 Å². The van der Waals surface area contributed by atoms with Gasteiger partial charge in [-0.2, -0.15) is 0 Å². The smallest absolute Gasteiger partial charge is 0.267 e. The molecule has 0 radical (unpaired) electrons. The summed E-state index contributed by atoms with van der Waals surface area (Å²) in [5.74, 6) is -0.0494. The molecule has 3 rings (SSSR count). The third-order valence-electron chi connectivity index (χ3n) is 3.61. The second-order valence-corrected chi connectivity index (χ2v) is 5.22. The molecule has 6 nitrogen and oxygen atoms in total. The fourth-order valence-corrected chi connectivity index (χ4v) is 2.51. The Hall–Kier alpha value is -3.25. The van der Waals surface area contributed by atoms with Gasteiger partial charge in [0.05, 0.1) is 16.6 Å². The first kappa shape index (κ1) is 15.6. The summed E-state index contributed by atoms with van der Waals surface area (Å²) in [7, 11) is 0. The fraction of sp³-hybridized carbons (Fsp3) is 0.0556. The third-order valence-corrected chi connectivity index (χ3v) is 3.61. The monoisotopic (exact) mass is 321 g/mol. The van der Waals surface area contributed by atoms with Crippen molar-refractivity contribution in [1.29, 1.82) is 0 Å². The minimum absolute atomic E-state index is 0.146. The lowest BCUT2D eigenvalue weighted by atomic mass is 10.1. The molecule has 2 aromatic carbocycles. The van der Waals surface area contributed by atoms with Crippen LogP contribution in [0.5, 0.6) is 0 Å². The van der Waals surface area contributed by atoms with Crippen molar-refractivity contribution < 1.29 is 10.0 Å². The molecule has 0 bridgehead atoms. The largest absolute Gasteiger partial charge is 0.288 e. The lowest BCUT2D eigenvalue weighted by molar-refractivity contribution is -0.124. The number of carbonyl (C=O) groups is 1. The van der Waals surface area contributed by atoms with Crippen LogP contribution >= 0.6 is 0 Å². The average Bonchev–Trinajstić information content (AvgIpc) is 2.60. The minimum Gasteiger partial charge on any atom is -0.288 e. The number of hydrogen-bond acceptors (Lipinski definition) is 4. The van der Waals surface area contributed by atoms with Gasteiger partial charge in [-0.1, -0.05) is 24.3 Å². The summed E-state index contributed by atoms with van der Waals surface area (Å²) < 4.78 is 1.57. The number of aryl methyl sites for hydroxylation is 1. The Morgan fingerprint density at radius 1 is 1.21 bits per heavy atom. The number of hydrogen-bond donors (Lipinski definition) is 2. The predicted molar refractivity (Wildman–Crippen MR) is 91.0 cm³/mol. The fourth-order valence-electron chi connectivity index (χ4n) is 2.51. The molecular formula is C18H15N3O3. The van der Waals surface area contributed by atoms with Crippen molar-refractivity contribution in [3.63, 3.8) is 0 Å². The van der Waals surface area contributed by atoms with Crippen LogP contribution in [-0.4, -0.2) is 20.7 Å². The zero-order chi connectivity index (χ0) is 17.1. The molecule has 6 heteroatoms. The molecule has 1 heterocycles. The molecular weight excluding hydrogens is 306 g/mol. The Morgan fingerprint density at radius 3 is 2.67 bits per heavy atom. The molecule has 0 unspecified atom stereocenters. The van der Waals surface area contributed by atoms with E-state index in [1.165, 1.54) is 17.6 Å². The van der Waals surface area contributed by atoms with E-state index in [1.54, 1.807) is 29.7 Å². The van der Waals surface area contributed by atoms with Gasteiger partial charge in [0.25, 0.3) is 11.5 Å². The quantitative estimate of drug-likeness (QED) is 0.440. The summed E-state index contributed by atoms with van der Waals surface area (Å²) in [4.78, 5) is 28.3. The highest BCUT2D eigenvalue weighted by Crippen LogP contribution is 2.15. The van der Waals surface area contributed by atoms with E-state index in [9.17, 15) is 9.59 Å². The van der Waals surface area contributed by atoms with E-state index in [2.05, 4.69) is 4.98 Å². The summed E-state index contributed by atoms with van der Waals surface area (Å²) >= 11 is 0. The number of nitrogens with zero attached hydrogens (tertiary/aromatic N) is 2. The van der Waals surface area contributed by atoms with Gasteiger partial charge in [-0.25, -0.2) is 10.5 Å². The zero-order valence-corrected chi connectivity index (χ0v) is 12.9. The van der Waals surface area contributed by atoms with Crippen LogP contribution in [0.4, 0.5) is 0 Å². The SMILES string of the molecule is Cc1nc2cc(C=CC(=O)NO)ccc2c(=O)n1-c1ccccc1. The van der Waals surface area contributed by atoms with E-state index in [0.29, 0.717) is 22.3 Å². The van der Waals surface area contributed by atoms with Crippen molar-refractivity contribution in [2.45, 2.75) is 6.92 Å². The van der Waals surface area contributed by atoms with Gasteiger partial charge in [0.2, 0.25) is 0 Å². The van der Waals surface area contributed by atoms with Crippen LogP contribution in [0, 0.1) is 6.92 Å². The standard InChI is InChI=1S/C18H15N3O3/c1-12-19-16-11-13(8-10-17(22)20-24)7-9-15(16)18(23)21(12)14-5-3-2-4-6-14/h2-11,24H,1H3,(H,20,22). The summed E-state index contributed by atoms with van der Waals surface area (Å²) in [6, 6.07) is 14.5. The summed E-state index contributed by atoms with van der Waals surface area (Å²) in [6.07, 6.45) is 2.73. The van der Waals surface area contributed by atoms with Crippen molar-refractivity contribution in [2.24, 2.45) is 0 Å². The molecule has 0 aliphatic heterocycles. The van der Waals surface area contributed by atoms with E-state index in [0.717, 1.165) is 5.69 Å². The Kier molecular flexibility index (Phi) is 4.22. The third kappa shape index (κ3) is 2.95. The van der Waals surface area contributed by atoms with Gasteiger partial charge in [-0.15, -0.1) is 0 Å². The summed E-state index contributed by atoms with van der Waals surface area (Å²) in [5.41, 5.74) is 3.39. The number of para-hydroxylation sites is 1. The highest BCUT2D eigenvalue weighted by atomic mass is 16.5. The molecule has 0 aliphatic rings. The van der Waals surface area contributed by atoms with E-state index in [1.807, 2.05) is 30.3 Å². The average molecular weight is 321 g/mol. The first-order chi connectivity index (χ1) is 11.6. The van der Waals surface area contributed by atoms with Crippen LogP contribution in [0.2, 0.25) is 0 Å². The first-order valence-electron chi connectivity index (χ1n) is 7.31. The number of nitrogens with one attached hydrogen (secondary N) is 1. The normalized spacial score (nSPS) is 11.1. The van der Waals surface area contributed by atoms with E-state index in [4.69, 9.17) is 5.21 Å². The Morgan fingerprint density at radius 2 is 1.96 bits per heavy atom. The van der Waals surface area contributed by atoms with Gasteiger partial charge in [-0.05, 0) is 42.8 Å². The maximum Gasteiger partial charge on any atom is 0.267 e. The molecule has 3 aromatic rings. The van der Waals surface area contributed by atoms with Crippen molar-refractivity contribution in [3.8, 4) is 5.69 Å². The van der Waals surface area contributed by atoms with Gasteiger partial charge < -0.3 is 0 Å². The molecule has 24 heavy (non-hydrogen) atoms. The zero-order valence-electron chi connectivity index (χ0n) is 12.9. The number of hydroxylamine groups is 1. The van der Waals surface area contributed by atoms with Crippen molar-refractivity contribution in [3.05, 3.63) is 76.3 Å². The lowest BCUT2D eigenvalue weighted by Gasteiger charge is -2.11.